The van der Waals surface area contributed by atoms with Crippen molar-refractivity contribution in [2.45, 2.75) is 64.5 Å². The number of azo groups is 1. The van der Waals surface area contributed by atoms with Crippen LogP contribution in [0.4, 0.5) is 0 Å². The Labute approximate surface area is 144 Å². The quantitative estimate of drug-likeness (QED) is 0.585. The number of methoxy groups -OCH3 is 1. The highest BCUT2D eigenvalue weighted by Gasteiger charge is 2.67. The number of esters is 1. The van der Waals surface area contributed by atoms with Gasteiger partial charge >= 0.3 is 5.97 Å². The van der Waals surface area contributed by atoms with Crippen molar-refractivity contribution >= 4 is 5.97 Å². The molecule has 3 fully saturated rings. The van der Waals surface area contributed by atoms with E-state index in [1.165, 1.54) is 0 Å². The molecule has 5 heteroatoms. The molecule has 1 saturated heterocycles. The Kier molecular flexibility index (Phi) is 3.62. The number of carbonyl (C=O) groups excluding carboxylic acids is 1. The summed E-state index contributed by atoms with van der Waals surface area (Å²) < 4.78 is 11.0. The van der Waals surface area contributed by atoms with Crippen LogP contribution in [-0.4, -0.2) is 37.9 Å². The van der Waals surface area contributed by atoms with Crippen LogP contribution in [0.15, 0.2) is 10.2 Å². The smallest absolute Gasteiger partial charge is 0.312 e. The predicted octanol–water partition coefficient (Wildman–Crippen LogP) is 3.62. The maximum Gasteiger partial charge on any atom is 0.312 e. The molecule has 0 aromatic carbocycles. The molecule has 5 nitrogen and oxygen atoms in total. The largest absolute Gasteiger partial charge is 0.469 e. The highest BCUT2D eigenvalue weighted by molar-refractivity contribution is 5.78. The van der Waals surface area contributed by atoms with E-state index in [1.807, 2.05) is 0 Å². The molecule has 0 radical (unpaired) electrons. The highest BCUT2D eigenvalue weighted by Crippen LogP contribution is 2.66. The average molecular weight is 334 g/mol. The second-order valence-electron chi connectivity index (χ2n) is 9.12. The van der Waals surface area contributed by atoms with Crippen molar-refractivity contribution < 1.29 is 14.3 Å². The first-order valence-corrected chi connectivity index (χ1v) is 9.46. The van der Waals surface area contributed by atoms with E-state index in [2.05, 4.69) is 25.9 Å². The first-order chi connectivity index (χ1) is 11.4. The molecule has 6 atom stereocenters. The normalized spacial score (nSPS) is 49.0. The van der Waals surface area contributed by atoms with Gasteiger partial charge in [-0.1, -0.05) is 20.8 Å². The number of hydrogen-bond acceptors (Lipinski definition) is 5. The van der Waals surface area contributed by atoms with Gasteiger partial charge in [-0.2, -0.15) is 10.2 Å². The Balaban J connectivity index is 1.77. The lowest BCUT2D eigenvalue weighted by Crippen LogP contribution is -2.54. The van der Waals surface area contributed by atoms with E-state index in [0.29, 0.717) is 17.8 Å². The summed E-state index contributed by atoms with van der Waals surface area (Å²) in [6, 6.07) is 0. The maximum atomic E-state index is 12.9. The zero-order valence-corrected chi connectivity index (χ0v) is 15.4. The number of epoxide rings is 1. The first-order valence-electron chi connectivity index (χ1n) is 9.46. The number of hydrogen-bond donors (Lipinski definition) is 0. The van der Waals surface area contributed by atoms with Gasteiger partial charge in [-0.3, -0.25) is 4.79 Å². The highest BCUT2D eigenvalue weighted by atomic mass is 16.6. The number of ether oxygens (including phenoxy) is 2. The van der Waals surface area contributed by atoms with Crippen LogP contribution in [0.5, 0.6) is 0 Å². The Morgan fingerprint density at radius 2 is 1.96 bits per heavy atom. The molecule has 4 rings (SSSR count). The number of nitrogens with zero attached hydrogens (tertiary/aromatic N) is 2. The van der Waals surface area contributed by atoms with E-state index in [1.54, 1.807) is 7.11 Å². The molecule has 6 unspecified atom stereocenters. The van der Waals surface area contributed by atoms with Gasteiger partial charge < -0.3 is 9.47 Å². The topological polar surface area (TPSA) is 63.5 Å². The Hall–Kier alpha value is -0.970. The van der Waals surface area contributed by atoms with Gasteiger partial charge in [-0.25, -0.2) is 0 Å². The average Bonchev–Trinajstić information content (AvgIpc) is 3.17. The summed E-state index contributed by atoms with van der Waals surface area (Å²) in [6.07, 6.45) is 5.18. The summed E-state index contributed by atoms with van der Waals surface area (Å²) in [6.45, 7) is 8.64. The van der Waals surface area contributed by atoms with Crippen LogP contribution in [-0.2, 0) is 14.3 Å². The predicted molar refractivity (Wildman–Crippen MR) is 89.7 cm³/mol. The van der Waals surface area contributed by atoms with E-state index in [-0.39, 0.29) is 28.4 Å². The molecule has 0 N–H and O–H groups in total. The second kappa shape index (κ2) is 5.26. The molecule has 134 valence electrons. The van der Waals surface area contributed by atoms with Crippen LogP contribution >= 0.6 is 0 Å². The number of fused-ring (bicyclic) bond motifs is 1. The molecule has 0 aromatic rings. The van der Waals surface area contributed by atoms with Crippen molar-refractivity contribution in [3.05, 3.63) is 0 Å². The van der Waals surface area contributed by atoms with Crippen molar-refractivity contribution in [3.63, 3.8) is 0 Å². The number of carbonyl (C=O) groups is 1. The molecular weight excluding hydrogens is 304 g/mol. The van der Waals surface area contributed by atoms with Crippen LogP contribution in [0, 0.1) is 28.6 Å². The summed E-state index contributed by atoms with van der Waals surface area (Å²) >= 11 is 0. The summed E-state index contributed by atoms with van der Waals surface area (Å²) in [5.41, 5.74) is -0.275. The molecule has 0 aromatic heterocycles. The lowest BCUT2D eigenvalue weighted by Gasteiger charge is -2.52. The third-order valence-electron chi connectivity index (χ3n) is 7.95. The van der Waals surface area contributed by atoms with Crippen molar-refractivity contribution in [1.82, 2.24) is 0 Å². The van der Waals surface area contributed by atoms with Crippen molar-refractivity contribution in [3.8, 4) is 0 Å². The molecule has 2 saturated carbocycles. The standard InChI is InChI=1S/C19H30N2O3/c1-12-15-13(19(14-11-24-14)9-10-20-21-19)5-6-18(15,16(22)23-4)8-7-17(12,2)3/h12-15H,5-11H2,1-4H3. The van der Waals surface area contributed by atoms with Gasteiger partial charge in [0.25, 0.3) is 0 Å². The monoisotopic (exact) mass is 334 g/mol. The Morgan fingerprint density at radius 1 is 1.21 bits per heavy atom. The summed E-state index contributed by atoms with van der Waals surface area (Å²) in [5, 5.41) is 9.11. The van der Waals surface area contributed by atoms with Crippen molar-refractivity contribution in [1.29, 1.82) is 0 Å². The Bertz CT molecular complexity index is 571. The molecular formula is C19H30N2O3. The van der Waals surface area contributed by atoms with Crippen LogP contribution < -0.4 is 0 Å². The first kappa shape index (κ1) is 16.5. The minimum absolute atomic E-state index is 0.000786. The third-order valence-corrected chi connectivity index (χ3v) is 7.95. The van der Waals surface area contributed by atoms with Gasteiger partial charge in [0.1, 0.15) is 11.6 Å². The van der Waals surface area contributed by atoms with E-state index in [9.17, 15) is 4.79 Å². The van der Waals surface area contributed by atoms with Gasteiger partial charge in [-0.05, 0) is 55.3 Å². The molecule has 0 bridgehead atoms. The summed E-state index contributed by atoms with van der Waals surface area (Å²) in [4.78, 5) is 12.9. The summed E-state index contributed by atoms with van der Waals surface area (Å²) in [7, 11) is 1.54. The molecule has 4 aliphatic rings. The summed E-state index contributed by atoms with van der Waals surface area (Å²) in [5.74, 6) is 1.16. The van der Waals surface area contributed by atoms with E-state index < -0.39 is 0 Å². The van der Waals surface area contributed by atoms with Gasteiger partial charge in [0, 0.05) is 0 Å². The molecule has 24 heavy (non-hydrogen) atoms. The fourth-order valence-electron chi connectivity index (χ4n) is 6.15. The van der Waals surface area contributed by atoms with Crippen LogP contribution in [0.1, 0.15) is 52.9 Å². The van der Waals surface area contributed by atoms with Crippen LogP contribution in [0.25, 0.3) is 0 Å². The van der Waals surface area contributed by atoms with Gasteiger partial charge in [0.15, 0.2) is 0 Å². The van der Waals surface area contributed by atoms with Crippen LogP contribution in [0.3, 0.4) is 0 Å². The van der Waals surface area contributed by atoms with Crippen LogP contribution in [0.2, 0.25) is 0 Å². The van der Waals surface area contributed by atoms with Gasteiger partial charge in [-0.15, -0.1) is 0 Å². The van der Waals surface area contributed by atoms with E-state index >= 15 is 0 Å². The minimum atomic E-state index is -0.325. The van der Waals surface area contributed by atoms with E-state index in [0.717, 1.165) is 45.3 Å². The molecule has 2 aliphatic carbocycles. The Morgan fingerprint density at radius 3 is 2.54 bits per heavy atom. The van der Waals surface area contributed by atoms with E-state index in [4.69, 9.17) is 14.6 Å². The fourth-order valence-corrected chi connectivity index (χ4v) is 6.15. The molecule has 2 heterocycles. The minimum Gasteiger partial charge on any atom is -0.469 e. The van der Waals surface area contributed by atoms with Gasteiger partial charge in [0.05, 0.1) is 25.7 Å². The zero-order chi connectivity index (χ0) is 17.2. The third kappa shape index (κ3) is 2.06. The van der Waals surface area contributed by atoms with Gasteiger partial charge in [0.2, 0.25) is 0 Å². The SMILES string of the molecule is COC(=O)C12CCC(C3(C4CO4)CCN=N3)C1C(C)C(C)(C)CC2. The second-order valence-corrected chi connectivity index (χ2v) is 9.12. The lowest BCUT2D eigenvalue weighted by molar-refractivity contribution is -0.165. The molecule has 2 aliphatic heterocycles. The molecule has 0 spiro atoms. The fraction of sp³-hybridized carbons (Fsp3) is 0.947. The molecule has 0 amide bonds. The maximum absolute atomic E-state index is 12.9. The number of rotatable bonds is 3. The van der Waals surface area contributed by atoms with Crippen molar-refractivity contribution in [2.24, 2.45) is 38.8 Å². The van der Waals surface area contributed by atoms with Crippen molar-refractivity contribution in [2.75, 3.05) is 20.3 Å². The zero-order valence-electron chi connectivity index (χ0n) is 15.4. The lowest BCUT2D eigenvalue weighted by atomic mass is 9.51.